The van der Waals surface area contributed by atoms with E-state index in [4.69, 9.17) is 0 Å². The number of nitro benzene ring substituents is 1. The Bertz CT molecular complexity index is 635. The van der Waals surface area contributed by atoms with Gasteiger partial charge in [-0.1, -0.05) is 12.1 Å². The summed E-state index contributed by atoms with van der Waals surface area (Å²) in [5.41, 5.74) is 2.58. The van der Waals surface area contributed by atoms with Crippen LogP contribution in [0.15, 0.2) is 24.3 Å². The van der Waals surface area contributed by atoms with E-state index in [0.29, 0.717) is 17.9 Å². The lowest BCUT2D eigenvalue weighted by Crippen LogP contribution is -2.06. The summed E-state index contributed by atoms with van der Waals surface area (Å²) in [6, 6.07) is 6.92. The Morgan fingerprint density at radius 1 is 1.25 bits per heavy atom. The maximum atomic E-state index is 10.9. The minimum Gasteiger partial charge on any atom is -0.366 e. The monoisotopic (exact) mass is 272 g/mol. The highest BCUT2D eigenvalue weighted by Gasteiger charge is 2.12. The molecule has 0 radical (unpaired) electrons. The Kier molecular flexibility index (Phi) is 3.93. The zero-order valence-electron chi connectivity index (χ0n) is 11.7. The third-order valence-corrected chi connectivity index (χ3v) is 3.04. The number of rotatable bonds is 4. The maximum absolute atomic E-state index is 10.9. The van der Waals surface area contributed by atoms with Gasteiger partial charge in [0.15, 0.2) is 0 Å². The van der Waals surface area contributed by atoms with E-state index in [-0.39, 0.29) is 10.6 Å². The van der Waals surface area contributed by atoms with E-state index in [1.54, 1.807) is 13.0 Å². The SMILES string of the molecule is Cc1cc(NCc2cccc([N+](=O)[O-])c2C)nc(C)n1. The molecular formula is C14H16N4O2. The summed E-state index contributed by atoms with van der Waals surface area (Å²) in [7, 11) is 0. The zero-order chi connectivity index (χ0) is 14.7. The molecule has 1 aromatic carbocycles. The van der Waals surface area contributed by atoms with Gasteiger partial charge in [-0.25, -0.2) is 9.97 Å². The van der Waals surface area contributed by atoms with E-state index >= 15 is 0 Å². The minimum atomic E-state index is -0.363. The van der Waals surface area contributed by atoms with Crippen LogP contribution in [0.1, 0.15) is 22.6 Å². The van der Waals surface area contributed by atoms with Gasteiger partial charge in [0, 0.05) is 29.9 Å². The molecular weight excluding hydrogens is 256 g/mol. The summed E-state index contributed by atoms with van der Waals surface area (Å²) < 4.78 is 0. The first-order chi connectivity index (χ1) is 9.47. The molecule has 0 unspecified atom stereocenters. The summed E-state index contributed by atoms with van der Waals surface area (Å²) in [6.07, 6.45) is 0. The van der Waals surface area contributed by atoms with Crippen LogP contribution in [-0.2, 0) is 6.54 Å². The number of nitrogens with zero attached hydrogens (tertiary/aromatic N) is 3. The highest BCUT2D eigenvalue weighted by molar-refractivity contribution is 5.46. The first-order valence-corrected chi connectivity index (χ1v) is 6.26. The minimum absolute atomic E-state index is 0.138. The molecule has 0 aliphatic rings. The summed E-state index contributed by atoms with van der Waals surface area (Å²) >= 11 is 0. The van der Waals surface area contributed by atoms with E-state index in [1.807, 2.05) is 26.0 Å². The molecule has 0 saturated carbocycles. The number of hydrogen-bond acceptors (Lipinski definition) is 5. The Morgan fingerprint density at radius 3 is 2.65 bits per heavy atom. The largest absolute Gasteiger partial charge is 0.366 e. The highest BCUT2D eigenvalue weighted by Crippen LogP contribution is 2.21. The van der Waals surface area contributed by atoms with Crippen molar-refractivity contribution in [1.82, 2.24) is 9.97 Å². The van der Waals surface area contributed by atoms with Crippen LogP contribution in [0.4, 0.5) is 11.5 Å². The number of nitrogens with one attached hydrogen (secondary N) is 1. The van der Waals surface area contributed by atoms with Crippen molar-refractivity contribution >= 4 is 11.5 Å². The van der Waals surface area contributed by atoms with E-state index in [1.165, 1.54) is 6.07 Å². The van der Waals surface area contributed by atoms with Gasteiger partial charge in [-0.05, 0) is 26.3 Å². The van der Waals surface area contributed by atoms with E-state index in [9.17, 15) is 10.1 Å². The van der Waals surface area contributed by atoms with Crippen LogP contribution >= 0.6 is 0 Å². The first-order valence-electron chi connectivity index (χ1n) is 6.26. The lowest BCUT2D eigenvalue weighted by molar-refractivity contribution is -0.385. The second-order valence-electron chi connectivity index (χ2n) is 4.61. The zero-order valence-corrected chi connectivity index (χ0v) is 11.7. The molecule has 0 aliphatic carbocycles. The second kappa shape index (κ2) is 5.64. The van der Waals surface area contributed by atoms with Crippen molar-refractivity contribution in [2.24, 2.45) is 0 Å². The third kappa shape index (κ3) is 3.09. The van der Waals surface area contributed by atoms with Crippen molar-refractivity contribution < 1.29 is 4.92 Å². The number of benzene rings is 1. The van der Waals surface area contributed by atoms with Crippen LogP contribution in [0.25, 0.3) is 0 Å². The highest BCUT2D eigenvalue weighted by atomic mass is 16.6. The summed E-state index contributed by atoms with van der Waals surface area (Å²) in [5, 5.41) is 14.1. The lowest BCUT2D eigenvalue weighted by Gasteiger charge is -2.09. The quantitative estimate of drug-likeness (QED) is 0.683. The van der Waals surface area contributed by atoms with Crippen molar-refractivity contribution in [3.8, 4) is 0 Å². The molecule has 1 heterocycles. The van der Waals surface area contributed by atoms with Crippen molar-refractivity contribution in [2.45, 2.75) is 27.3 Å². The Balaban J connectivity index is 2.19. The van der Waals surface area contributed by atoms with Crippen LogP contribution in [0.3, 0.4) is 0 Å². The van der Waals surface area contributed by atoms with Crippen molar-refractivity contribution in [3.63, 3.8) is 0 Å². The van der Waals surface area contributed by atoms with Crippen LogP contribution in [0.5, 0.6) is 0 Å². The average Bonchev–Trinajstić information content (AvgIpc) is 2.36. The molecule has 1 N–H and O–H groups in total. The average molecular weight is 272 g/mol. The summed E-state index contributed by atoms with van der Waals surface area (Å²) in [5.74, 6) is 1.42. The summed E-state index contributed by atoms with van der Waals surface area (Å²) in [4.78, 5) is 19.0. The molecule has 6 nitrogen and oxygen atoms in total. The Hall–Kier alpha value is -2.50. The molecule has 0 spiro atoms. The third-order valence-electron chi connectivity index (χ3n) is 3.04. The standard InChI is InChI=1S/C14H16N4O2/c1-9-7-14(17-11(3)16-9)15-8-12-5-4-6-13(10(12)2)18(19)20/h4-7H,8H2,1-3H3,(H,15,16,17). The number of aryl methyl sites for hydroxylation is 2. The molecule has 0 atom stereocenters. The van der Waals surface area contributed by atoms with Gasteiger partial charge < -0.3 is 5.32 Å². The predicted octanol–water partition coefficient (Wildman–Crippen LogP) is 2.92. The molecule has 20 heavy (non-hydrogen) atoms. The molecule has 0 bridgehead atoms. The number of aromatic nitrogens is 2. The van der Waals surface area contributed by atoms with Crippen molar-refractivity contribution in [2.75, 3.05) is 5.32 Å². The van der Waals surface area contributed by atoms with E-state index in [2.05, 4.69) is 15.3 Å². The normalized spacial score (nSPS) is 10.3. The molecule has 2 rings (SSSR count). The Morgan fingerprint density at radius 2 is 2.00 bits per heavy atom. The Labute approximate surface area is 117 Å². The molecule has 0 amide bonds. The number of hydrogen-bond donors (Lipinski definition) is 1. The van der Waals surface area contributed by atoms with Gasteiger partial charge in [0.1, 0.15) is 11.6 Å². The maximum Gasteiger partial charge on any atom is 0.272 e. The molecule has 0 saturated heterocycles. The van der Waals surface area contributed by atoms with Gasteiger partial charge in [0.25, 0.3) is 5.69 Å². The van der Waals surface area contributed by atoms with Crippen LogP contribution in [0.2, 0.25) is 0 Å². The number of nitro groups is 1. The fourth-order valence-corrected chi connectivity index (χ4v) is 2.05. The number of anilines is 1. The smallest absolute Gasteiger partial charge is 0.272 e. The van der Waals surface area contributed by atoms with Crippen LogP contribution < -0.4 is 5.32 Å². The fourth-order valence-electron chi connectivity index (χ4n) is 2.05. The molecule has 6 heteroatoms. The molecule has 0 fully saturated rings. The van der Waals surface area contributed by atoms with E-state index in [0.717, 1.165) is 17.1 Å². The van der Waals surface area contributed by atoms with Gasteiger partial charge >= 0.3 is 0 Å². The van der Waals surface area contributed by atoms with Gasteiger partial charge in [-0.15, -0.1) is 0 Å². The van der Waals surface area contributed by atoms with Crippen molar-refractivity contribution in [1.29, 1.82) is 0 Å². The van der Waals surface area contributed by atoms with E-state index < -0.39 is 0 Å². The van der Waals surface area contributed by atoms with Gasteiger partial charge in [-0.3, -0.25) is 10.1 Å². The first kappa shape index (κ1) is 13.9. The second-order valence-corrected chi connectivity index (χ2v) is 4.61. The fraction of sp³-hybridized carbons (Fsp3) is 0.286. The summed E-state index contributed by atoms with van der Waals surface area (Å²) in [6.45, 7) is 5.98. The van der Waals surface area contributed by atoms with Gasteiger partial charge in [0.05, 0.1) is 4.92 Å². The topological polar surface area (TPSA) is 81.0 Å². The lowest BCUT2D eigenvalue weighted by atomic mass is 10.1. The van der Waals surface area contributed by atoms with Crippen molar-refractivity contribution in [3.05, 3.63) is 57.0 Å². The van der Waals surface area contributed by atoms with Gasteiger partial charge in [-0.2, -0.15) is 0 Å². The molecule has 104 valence electrons. The van der Waals surface area contributed by atoms with Gasteiger partial charge in [0.2, 0.25) is 0 Å². The van der Waals surface area contributed by atoms with Crippen LogP contribution in [0, 0.1) is 30.9 Å². The predicted molar refractivity (Wildman–Crippen MR) is 76.7 cm³/mol. The van der Waals surface area contributed by atoms with Crippen LogP contribution in [-0.4, -0.2) is 14.9 Å². The molecule has 1 aromatic heterocycles. The molecule has 0 aliphatic heterocycles. The molecule has 2 aromatic rings.